The molecule has 0 aromatic carbocycles. The van der Waals surface area contributed by atoms with Crippen molar-refractivity contribution in [2.45, 2.75) is 45.6 Å². The van der Waals surface area contributed by atoms with Gasteiger partial charge in [0.2, 0.25) is 0 Å². The van der Waals surface area contributed by atoms with Gasteiger partial charge in [-0.1, -0.05) is 19.8 Å². The van der Waals surface area contributed by atoms with Crippen molar-refractivity contribution < 1.29 is 9.84 Å². The first-order valence-corrected chi connectivity index (χ1v) is 7.31. The predicted octanol–water partition coefficient (Wildman–Crippen LogP) is 1.75. The van der Waals surface area contributed by atoms with Gasteiger partial charge in [0.25, 0.3) is 0 Å². The van der Waals surface area contributed by atoms with Crippen molar-refractivity contribution in [1.82, 2.24) is 10.6 Å². The molecule has 0 radical (unpaired) electrons. The first kappa shape index (κ1) is 19.9. The van der Waals surface area contributed by atoms with Crippen LogP contribution in [0.3, 0.4) is 0 Å². The maximum absolute atomic E-state index is 10.2. The predicted molar refractivity (Wildman–Crippen MR) is 93.9 cm³/mol. The fourth-order valence-corrected chi connectivity index (χ4v) is 2.44. The fraction of sp³-hybridized carbons (Fsp3) is 0.929. The van der Waals surface area contributed by atoms with Crippen LogP contribution in [0.5, 0.6) is 0 Å². The minimum absolute atomic E-state index is 0. The van der Waals surface area contributed by atoms with Crippen LogP contribution in [0.2, 0.25) is 0 Å². The van der Waals surface area contributed by atoms with E-state index >= 15 is 0 Å². The van der Waals surface area contributed by atoms with Gasteiger partial charge < -0.3 is 20.5 Å². The van der Waals surface area contributed by atoms with E-state index in [2.05, 4.69) is 22.5 Å². The average Bonchev–Trinajstić information content (AvgIpc) is 2.40. The molecular weight excluding hydrogens is 369 g/mol. The smallest absolute Gasteiger partial charge is 0.191 e. The Kier molecular flexibility index (Phi) is 10.6. The largest absolute Gasteiger partial charge is 0.392 e. The topological polar surface area (TPSA) is 65.9 Å². The highest BCUT2D eigenvalue weighted by atomic mass is 127. The van der Waals surface area contributed by atoms with Gasteiger partial charge in [0.15, 0.2) is 5.96 Å². The second-order valence-corrected chi connectivity index (χ2v) is 5.53. The monoisotopic (exact) mass is 399 g/mol. The molecule has 1 aliphatic carbocycles. The number of aliphatic hydroxyl groups excluding tert-OH is 1. The van der Waals surface area contributed by atoms with Crippen molar-refractivity contribution in [3.63, 3.8) is 0 Å². The van der Waals surface area contributed by atoms with Crippen LogP contribution in [0.4, 0.5) is 0 Å². The Morgan fingerprint density at radius 1 is 1.40 bits per heavy atom. The van der Waals surface area contributed by atoms with E-state index in [9.17, 15) is 5.11 Å². The number of guanidine groups is 1. The van der Waals surface area contributed by atoms with Crippen molar-refractivity contribution in [1.29, 1.82) is 0 Å². The molecule has 0 aliphatic heterocycles. The summed E-state index contributed by atoms with van der Waals surface area (Å²) in [5.74, 6) is 0.804. The van der Waals surface area contributed by atoms with Crippen LogP contribution in [-0.4, -0.2) is 50.5 Å². The number of aliphatic hydroxyl groups is 1. The molecule has 2 unspecified atom stereocenters. The Bertz CT molecular complexity index is 290. The summed E-state index contributed by atoms with van der Waals surface area (Å²) in [6.07, 6.45) is 4.05. The number of halogens is 1. The summed E-state index contributed by atoms with van der Waals surface area (Å²) < 4.78 is 5.02. The molecule has 20 heavy (non-hydrogen) atoms. The molecule has 120 valence electrons. The third kappa shape index (κ3) is 6.58. The van der Waals surface area contributed by atoms with Gasteiger partial charge in [-0.2, -0.15) is 0 Å². The number of hydrogen-bond acceptors (Lipinski definition) is 3. The third-order valence-electron chi connectivity index (χ3n) is 3.82. The number of nitrogens with one attached hydrogen (secondary N) is 2. The first-order valence-electron chi connectivity index (χ1n) is 7.31. The molecule has 0 bridgehead atoms. The van der Waals surface area contributed by atoms with Crippen molar-refractivity contribution >= 4 is 29.9 Å². The number of nitrogens with zero attached hydrogens (tertiary/aromatic N) is 1. The normalized spacial score (nSPS) is 26.8. The minimum Gasteiger partial charge on any atom is -0.392 e. The molecule has 0 saturated heterocycles. The van der Waals surface area contributed by atoms with Gasteiger partial charge in [-0.25, -0.2) is 0 Å². The molecule has 1 aliphatic rings. The van der Waals surface area contributed by atoms with Gasteiger partial charge in [0, 0.05) is 25.6 Å². The zero-order valence-corrected chi connectivity index (χ0v) is 15.3. The van der Waals surface area contributed by atoms with E-state index in [4.69, 9.17) is 4.74 Å². The highest BCUT2D eigenvalue weighted by Crippen LogP contribution is 2.36. The molecule has 6 heteroatoms. The lowest BCUT2D eigenvalue weighted by Gasteiger charge is -2.37. The van der Waals surface area contributed by atoms with E-state index < -0.39 is 0 Å². The highest BCUT2D eigenvalue weighted by Gasteiger charge is 2.35. The van der Waals surface area contributed by atoms with Gasteiger partial charge in [0.1, 0.15) is 0 Å². The average molecular weight is 399 g/mol. The van der Waals surface area contributed by atoms with Gasteiger partial charge in [-0.05, 0) is 19.8 Å². The molecule has 0 heterocycles. The Balaban J connectivity index is 0.00000361. The number of hydrogen-bond donors (Lipinski definition) is 3. The van der Waals surface area contributed by atoms with E-state index in [-0.39, 0.29) is 35.5 Å². The molecule has 1 fully saturated rings. The van der Waals surface area contributed by atoms with Crippen molar-refractivity contribution in [2.24, 2.45) is 10.4 Å². The lowest BCUT2D eigenvalue weighted by Crippen LogP contribution is -2.42. The molecule has 3 N–H and O–H groups in total. The van der Waals surface area contributed by atoms with Gasteiger partial charge in [-0.3, -0.25) is 4.99 Å². The zero-order chi connectivity index (χ0) is 14.1. The quantitative estimate of drug-likeness (QED) is 0.276. The summed E-state index contributed by atoms with van der Waals surface area (Å²) in [6, 6.07) is 0. The van der Waals surface area contributed by atoms with Crippen LogP contribution in [0.15, 0.2) is 4.99 Å². The summed E-state index contributed by atoms with van der Waals surface area (Å²) in [7, 11) is 1.69. The summed E-state index contributed by atoms with van der Waals surface area (Å²) in [4.78, 5) is 4.61. The molecule has 1 saturated carbocycles. The van der Waals surface area contributed by atoms with Gasteiger partial charge >= 0.3 is 0 Å². The number of rotatable bonds is 6. The Labute approximate surface area is 140 Å². The molecule has 0 spiro atoms. The summed E-state index contributed by atoms with van der Waals surface area (Å²) in [5, 5.41) is 16.6. The molecular formula is C14H30IN3O2. The Hall–Kier alpha value is -0.0800. The van der Waals surface area contributed by atoms with Crippen LogP contribution >= 0.6 is 24.0 Å². The Morgan fingerprint density at radius 2 is 2.15 bits per heavy atom. The number of aliphatic imine (C=N–C) groups is 1. The van der Waals surface area contributed by atoms with Gasteiger partial charge in [-0.15, -0.1) is 24.0 Å². The number of ether oxygens (including phenoxy) is 1. The summed E-state index contributed by atoms with van der Waals surface area (Å²) in [6.45, 7) is 7.07. The van der Waals surface area contributed by atoms with Crippen molar-refractivity contribution in [2.75, 3.05) is 33.4 Å². The van der Waals surface area contributed by atoms with Crippen LogP contribution in [0, 0.1) is 5.41 Å². The number of methoxy groups -OCH3 is 1. The fourth-order valence-electron chi connectivity index (χ4n) is 2.44. The van der Waals surface area contributed by atoms with E-state index in [0.717, 1.165) is 38.3 Å². The second kappa shape index (κ2) is 10.6. The Morgan fingerprint density at radius 3 is 2.75 bits per heavy atom. The van der Waals surface area contributed by atoms with Gasteiger partial charge in [0.05, 0.1) is 19.3 Å². The van der Waals surface area contributed by atoms with Crippen molar-refractivity contribution in [3.05, 3.63) is 0 Å². The summed E-state index contributed by atoms with van der Waals surface area (Å²) >= 11 is 0. The van der Waals surface area contributed by atoms with Crippen LogP contribution in [0.1, 0.15) is 39.5 Å². The van der Waals surface area contributed by atoms with Crippen molar-refractivity contribution in [3.8, 4) is 0 Å². The molecule has 0 aromatic rings. The zero-order valence-electron chi connectivity index (χ0n) is 12.9. The molecule has 0 amide bonds. The van der Waals surface area contributed by atoms with E-state index in [1.165, 1.54) is 6.42 Å². The van der Waals surface area contributed by atoms with Crippen LogP contribution < -0.4 is 10.6 Å². The third-order valence-corrected chi connectivity index (χ3v) is 3.82. The van der Waals surface area contributed by atoms with Crippen LogP contribution in [0.25, 0.3) is 0 Å². The lowest BCUT2D eigenvalue weighted by atomic mass is 9.73. The molecule has 5 nitrogen and oxygen atoms in total. The standard InChI is InChI=1S/C14H29N3O2.HI/c1-4-15-13(16-9-10-19-3)17-11-14(2)8-6-5-7-12(14)18;/h12,18H,4-11H2,1-3H3,(H2,15,16,17);1H. The lowest BCUT2D eigenvalue weighted by molar-refractivity contribution is 0.00716. The van der Waals surface area contributed by atoms with E-state index in [1.807, 2.05) is 6.92 Å². The SMILES string of the molecule is CCNC(=NCC1(C)CCCCC1O)NCCOC.I. The maximum atomic E-state index is 10.2. The second-order valence-electron chi connectivity index (χ2n) is 5.53. The van der Waals surface area contributed by atoms with E-state index in [1.54, 1.807) is 7.11 Å². The molecule has 0 aromatic heterocycles. The minimum atomic E-state index is -0.230. The summed E-state index contributed by atoms with van der Waals surface area (Å²) in [5.41, 5.74) is -0.0815. The highest BCUT2D eigenvalue weighted by molar-refractivity contribution is 14.0. The molecule has 2 atom stereocenters. The maximum Gasteiger partial charge on any atom is 0.191 e. The first-order chi connectivity index (χ1) is 9.12. The molecule has 1 rings (SSSR count). The van der Waals surface area contributed by atoms with Crippen LogP contribution in [-0.2, 0) is 4.74 Å². The van der Waals surface area contributed by atoms with E-state index in [0.29, 0.717) is 13.2 Å².